The standard InChI is InChI=1S/C16H22N2OS/c1-2-5-13-6-3-4-7-14(13)17-15-18-16(12-20-15)8-10-19-11-9-16/h3-4,6-7H,2,5,8-12H2,1H3,(H,17,18). The minimum absolute atomic E-state index is 0.130. The third-order valence-corrected chi connectivity index (χ3v) is 5.17. The summed E-state index contributed by atoms with van der Waals surface area (Å²) >= 11 is 1.85. The second kappa shape index (κ2) is 6.19. The Kier molecular flexibility index (Phi) is 4.32. The third-order valence-electron chi connectivity index (χ3n) is 4.02. The molecule has 3 rings (SSSR count). The fourth-order valence-corrected chi connectivity index (χ4v) is 4.00. The van der Waals surface area contributed by atoms with E-state index in [1.807, 2.05) is 11.8 Å². The highest BCUT2D eigenvalue weighted by Gasteiger charge is 2.37. The van der Waals surface area contributed by atoms with E-state index in [1.54, 1.807) is 0 Å². The Morgan fingerprint density at radius 1 is 1.30 bits per heavy atom. The number of thioether (sulfide) groups is 1. The summed E-state index contributed by atoms with van der Waals surface area (Å²) < 4.78 is 5.46. The molecule has 0 saturated carbocycles. The van der Waals surface area contributed by atoms with Gasteiger partial charge in [-0.05, 0) is 30.9 Å². The van der Waals surface area contributed by atoms with Crippen LogP contribution in [0.5, 0.6) is 0 Å². The van der Waals surface area contributed by atoms with Gasteiger partial charge in [0.25, 0.3) is 0 Å². The quantitative estimate of drug-likeness (QED) is 0.921. The predicted octanol–water partition coefficient (Wildman–Crippen LogP) is 3.70. The predicted molar refractivity (Wildman–Crippen MR) is 86.7 cm³/mol. The van der Waals surface area contributed by atoms with Crippen LogP contribution >= 0.6 is 11.8 Å². The first-order chi connectivity index (χ1) is 9.81. The van der Waals surface area contributed by atoms with Crippen LogP contribution in [0.2, 0.25) is 0 Å². The molecule has 1 aromatic rings. The summed E-state index contributed by atoms with van der Waals surface area (Å²) in [6.45, 7) is 3.92. The van der Waals surface area contributed by atoms with Crippen LogP contribution in [0.1, 0.15) is 31.7 Å². The van der Waals surface area contributed by atoms with Crippen molar-refractivity contribution in [2.45, 2.75) is 38.1 Å². The van der Waals surface area contributed by atoms with Crippen LogP contribution in [-0.4, -0.2) is 29.7 Å². The SMILES string of the molecule is CCCc1ccccc1NC1=NC2(CCOCC2)CS1. The fourth-order valence-electron chi connectivity index (χ4n) is 2.80. The van der Waals surface area contributed by atoms with Crippen molar-refractivity contribution in [3.05, 3.63) is 29.8 Å². The number of nitrogens with one attached hydrogen (secondary N) is 1. The highest BCUT2D eigenvalue weighted by molar-refractivity contribution is 8.14. The zero-order valence-electron chi connectivity index (χ0n) is 12.0. The topological polar surface area (TPSA) is 33.6 Å². The van der Waals surface area contributed by atoms with Gasteiger partial charge in [0.2, 0.25) is 0 Å². The van der Waals surface area contributed by atoms with Gasteiger partial charge in [-0.3, -0.25) is 4.99 Å². The molecule has 0 radical (unpaired) electrons. The zero-order chi connectivity index (χ0) is 13.8. The second-order valence-electron chi connectivity index (χ2n) is 5.57. The van der Waals surface area contributed by atoms with Crippen molar-refractivity contribution in [2.24, 2.45) is 4.99 Å². The molecule has 20 heavy (non-hydrogen) atoms. The molecule has 1 fully saturated rings. The van der Waals surface area contributed by atoms with E-state index in [1.165, 1.54) is 17.7 Å². The molecule has 1 spiro atoms. The van der Waals surface area contributed by atoms with Gasteiger partial charge in [0, 0.05) is 24.7 Å². The lowest BCUT2D eigenvalue weighted by Gasteiger charge is -2.29. The molecule has 0 aliphatic carbocycles. The lowest BCUT2D eigenvalue weighted by Crippen LogP contribution is -2.34. The Morgan fingerprint density at radius 2 is 2.10 bits per heavy atom. The summed E-state index contributed by atoms with van der Waals surface area (Å²) in [4.78, 5) is 4.96. The van der Waals surface area contributed by atoms with Gasteiger partial charge in [-0.1, -0.05) is 43.3 Å². The molecular weight excluding hydrogens is 268 g/mol. The molecule has 0 unspecified atom stereocenters. The molecule has 4 heteroatoms. The Labute approximate surface area is 125 Å². The number of hydrogen-bond donors (Lipinski definition) is 1. The van der Waals surface area contributed by atoms with Gasteiger partial charge in [0.05, 0.1) is 5.54 Å². The van der Waals surface area contributed by atoms with Crippen LogP contribution in [0.3, 0.4) is 0 Å². The first-order valence-electron chi connectivity index (χ1n) is 7.47. The van der Waals surface area contributed by atoms with Crippen LogP contribution in [0.4, 0.5) is 5.69 Å². The Morgan fingerprint density at radius 3 is 2.90 bits per heavy atom. The molecule has 2 heterocycles. The molecule has 2 aliphatic rings. The zero-order valence-corrected chi connectivity index (χ0v) is 12.8. The third kappa shape index (κ3) is 3.01. The number of rotatable bonds is 3. The van der Waals surface area contributed by atoms with Gasteiger partial charge in [-0.15, -0.1) is 0 Å². The number of aryl methyl sites for hydroxylation is 1. The smallest absolute Gasteiger partial charge is 0.161 e. The summed E-state index contributed by atoms with van der Waals surface area (Å²) in [6.07, 6.45) is 4.39. The van der Waals surface area contributed by atoms with Gasteiger partial charge in [-0.2, -0.15) is 0 Å². The van der Waals surface area contributed by atoms with E-state index in [9.17, 15) is 0 Å². The second-order valence-corrected chi connectivity index (χ2v) is 6.54. The van der Waals surface area contributed by atoms with Crippen LogP contribution in [0, 0.1) is 0 Å². The number of benzene rings is 1. The molecule has 1 aromatic carbocycles. The van der Waals surface area contributed by atoms with Crippen molar-refractivity contribution in [1.82, 2.24) is 0 Å². The largest absolute Gasteiger partial charge is 0.381 e. The maximum Gasteiger partial charge on any atom is 0.161 e. The molecule has 2 aliphatic heterocycles. The molecule has 0 amide bonds. The van der Waals surface area contributed by atoms with Gasteiger partial charge < -0.3 is 10.1 Å². The highest BCUT2D eigenvalue weighted by atomic mass is 32.2. The van der Waals surface area contributed by atoms with Gasteiger partial charge >= 0.3 is 0 Å². The van der Waals surface area contributed by atoms with Gasteiger partial charge in [0.1, 0.15) is 0 Å². The number of hydrogen-bond acceptors (Lipinski definition) is 4. The van der Waals surface area contributed by atoms with Crippen molar-refractivity contribution in [2.75, 3.05) is 24.3 Å². The van der Waals surface area contributed by atoms with Crippen LogP contribution in [-0.2, 0) is 11.2 Å². The average molecular weight is 290 g/mol. The minimum Gasteiger partial charge on any atom is -0.381 e. The molecular formula is C16H22N2OS. The first-order valence-corrected chi connectivity index (χ1v) is 8.45. The minimum atomic E-state index is 0.130. The van der Waals surface area contributed by atoms with Crippen molar-refractivity contribution < 1.29 is 4.74 Å². The highest BCUT2D eigenvalue weighted by Crippen LogP contribution is 2.36. The molecule has 108 valence electrons. The number of anilines is 1. The number of ether oxygens (including phenoxy) is 1. The van der Waals surface area contributed by atoms with Crippen LogP contribution < -0.4 is 5.32 Å². The lowest BCUT2D eigenvalue weighted by molar-refractivity contribution is 0.0624. The molecule has 0 aromatic heterocycles. The fraction of sp³-hybridized carbons (Fsp3) is 0.562. The molecule has 3 nitrogen and oxygen atoms in total. The molecule has 0 bridgehead atoms. The van der Waals surface area contributed by atoms with Crippen molar-refractivity contribution in [3.8, 4) is 0 Å². The number of para-hydroxylation sites is 1. The van der Waals surface area contributed by atoms with E-state index in [-0.39, 0.29) is 5.54 Å². The number of amidine groups is 1. The van der Waals surface area contributed by atoms with Crippen molar-refractivity contribution >= 4 is 22.6 Å². The maximum atomic E-state index is 5.46. The molecule has 1 saturated heterocycles. The average Bonchev–Trinajstić information content (AvgIpc) is 2.85. The van der Waals surface area contributed by atoms with E-state index >= 15 is 0 Å². The van der Waals surface area contributed by atoms with E-state index in [0.29, 0.717) is 0 Å². The first kappa shape index (κ1) is 14.0. The van der Waals surface area contributed by atoms with Crippen molar-refractivity contribution in [3.63, 3.8) is 0 Å². The Balaban J connectivity index is 1.73. The summed E-state index contributed by atoms with van der Waals surface area (Å²) in [5.41, 5.74) is 2.72. The van der Waals surface area contributed by atoms with Gasteiger partial charge in [-0.25, -0.2) is 0 Å². The van der Waals surface area contributed by atoms with E-state index in [4.69, 9.17) is 9.73 Å². The lowest BCUT2D eigenvalue weighted by atomic mass is 9.93. The van der Waals surface area contributed by atoms with Crippen LogP contribution in [0.15, 0.2) is 29.3 Å². The van der Waals surface area contributed by atoms with Gasteiger partial charge in [0.15, 0.2) is 5.17 Å². The summed E-state index contributed by atoms with van der Waals surface area (Å²) in [6, 6.07) is 8.56. The molecule has 1 N–H and O–H groups in total. The van der Waals surface area contributed by atoms with Crippen molar-refractivity contribution in [1.29, 1.82) is 0 Å². The monoisotopic (exact) mass is 290 g/mol. The van der Waals surface area contributed by atoms with E-state index in [0.717, 1.165) is 43.4 Å². The summed E-state index contributed by atoms with van der Waals surface area (Å²) in [7, 11) is 0. The maximum absolute atomic E-state index is 5.46. The van der Waals surface area contributed by atoms with E-state index < -0.39 is 0 Å². The normalized spacial score (nSPS) is 20.9. The summed E-state index contributed by atoms with van der Waals surface area (Å²) in [5.74, 6) is 1.09. The van der Waals surface area contributed by atoms with Crippen LogP contribution in [0.25, 0.3) is 0 Å². The number of nitrogens with zero attached hydrogens (tertiary/aromatic N) is 1. The Hall–Kier alpha value is -1.000. The Bertz CT molecular complexity index is 495. The number of aliphatic imine (C=N–C) groups is 1. The van der Waals surface area contributed by atoms with E-state index in [2.05, 4.69) is 36.5 Å². The summed E-state index contributed by atoms with van der Waals surface area (Å²) in [5, 5.41) is 4.62. The molecule has 0 atom stereocenters.